The number of aliphatic imine (C=N–C) groups is 1. The number of nitrogens with zero attached hydrogens (tertiary/aromatic N) is 2. The van der Waals surface area contributed by atoms with E-state index >= 15 is 0 Å². The molecule has 0 heterocycles. The summed E-state index contributed by atoms with van der Waals surface area (Å²) in [5.74, 6) is 1.61. The van der Waals surface area contributed by atoms with E-state index in [4.69, 9.17) is 4.74 Å². The molecule has 7 heteroatoms. The molecule has 1 aromatic carbocycles. The SMILES string of the molecule is COc1ccc(CCNC(=NCC(=O)N(C)C)NC2CCCCC2)cc1.I. The van der Waals surface area contributed by atoms with Crippen LogP contribution in [0, 0.1) is 0 Å². The minimum atomic E-state index is 0. The number of guanidine groups is 1. The summed E-state index contributed by atoms with van der Waals surface area (Å²) in [5.41, 5.74) is 1.24. The van der Waals surface area contributed by atoms with E-state index in [1.54, 1.807) is 26.1 Å². The van der Waals surface area contributed by atoms with Crippen molar-refractivity contribution in [3.05, 3.63) is 29.8 Å². The highest BCUT2D eigenvalue weighted by Gasteiger charge is 2.15. The molecule has 152 valence electrons. The lowest BCUT2D eigenvalue weighted by atomic mass is 9.96. The van der Waals surface area contributed by atoms with E-state index in [2.05, 4.69) is 27.8 Å². The van der Waals surface area contributed by atoms with Crippen molar-refractivity contribution in [3.63, 3.8) is 0 Å². The quantitative estimate of drug-likeness (QED) is 0.352. The first-order chi connectivity index (χ1) is 12.6. The Labute approximate surface area is 180 Å². The summed E-state index contributed by atoms with van der Waals surface area (Å²) in [5, 5.41) is 6.88. The maximum Gasteiger partial charge on any atom is 0.243 e. The van der Waals surface area contributed by atoms with Crippen LogP contribution in [0.25, 0.3) is 0 Å². The third kappa shape index (κ3) is 8.81. The van der Waals surface area contributed by atoms with Crippen molar-refractivity contribution in [1.29, 1.82) is 0 Å². The topological polar surface area (TPSA) is 66.0 Å². The van der Waals surface area contributed by atoms with Gasteiger partial charge in [-0.2, -0.15) is 0 Å². The Bertz CT molecular complexity index is 584. The molecule has 27 heavy (non-hydrogen) atoms. The molecule has 2 N–H and O–H groups in total. The van der Waals surface area contributed by atoms with Crippen LogP contribution >= 0.6 is 24.0 Å². The molecule has 0 bridgehead atoms. The third-order valence-electron chi connectivity index (χ3n) is 4.68. The summed E-state index contributed by atoms with van der Waals surface area (Å²) in [7, 11) is 5.18. The van der Waals surface area contributed by atoms with E-state index in [-0.39, 0.29) is 36.4 Å². The van der Waals surface area contributed by atoms with Crippen molar-refractivity contribution in [1.82, 2.24) is 15.5 Å². The summed E-state index contributed by atoms with van der Waals surface area (Å²) in [6.45, 7) is 0.929. The monoisotopic (exact) mass is 488 g/mol. The number of amides is 1. The molecule has 2 rings (SSSR count). The fraction of sp³-hybridized carbons (Fsp3) is 0.600. The zero-order valence-corrected chi connectivity index (χ0v) is 19.0. The molecule has 1 aromatic rings. The van der Waals surface area contributed by atoms with Gasteiger partial charge < -0.3 is 20.3 Å². The first-order valence-corrected chi connectivity index (χ1v) is 9.46. The van der Waals surface area contributed by atoms with Crippen molar-refractivity contribution in [2.75, 3.05) is 34.3 Å². The molecule has 1 fully saturated rings. The van der Waals surface area contributed by atoms with Crippen LogP contribution in [-0.4, -0.2) is 57.1 Å². The molecule has 0 aliphatic heterocycles. The molecular weight excluding hydrogens is 455 g/mol. The standard InChI is InChI=1S/C20H32N4O2.HI/c1-24(2)19(25)15-22-20(23-17-7-5-4-6-8-17)21-14-13-16-9-11-18(26-3)12-10-16;/h9-12,17H,4-8,13-15H2,1-3H3,(H2,21,22,23);1H. The molecule has 0 spiro atoms. The number of methoxy groups -OCH3 is 1. The molecule has 1 saturated carbocycles. The maximum atomic E-state index is 11.8. The number of carbonyl (C=O) groups excluding carboxylic acids is 1. The Kier molecular flexibility index (Phi) is 11.2. The Morgan fingerprint density at radius 3 is 2.44 bits per heavy atom. The van der Waals surface area contributed by atoms with Crippen molar-refractivity contribution in [3.8, 4) is 5.75 Å². The maximum absolute atomic E-state index is 11.8. The number of likely N-dealkylation sites (N-methyl/N-ethyl adjacent to an activating group) is 1. The predicted octanol–water partition coefficient (Wildman–Crippen LogP) is 2.81. The lowest BCUT2D eigenvalue weighted by Crippen LogP contribution is -2.45. The fourth-order valence-electron chi connectivity index (χ4n) is 3.00. The molecular formula is C20H33IN4O2. The van der Waals surface area contributed by atoms with Gasteiger partial charge in [-0.25, -0.2) is 4.99 Å². The fourth-order valence-corrected chi connectivity index (χ4v) is 3.00. The molecule has 0 aromatic heterocycles. The summed E-state index contributed by atoms with van der Waals surface area (Å²) in [6.07, 6.45) is 7.05. The van der Waals surface area contributed by atoms with Crippen LogP contribution in [0.5, 0.6) is 5.75 Å². The average molecular weight is 488 g/mol. The van der Waals surface area contributed by atoms with E-state index in [1.165, 1.54) is 37.7 Å². The number of hydrogen-bond donors (Lipinski definition) is 2. The Hall–Kier alpha value is -1.51. The molecule has 0 radical (unpaired) electrons. The van der Waals surface area contributed by atoms with Crippen molar-refractivity contribution in [2.45, 2.75) is 44.6 Å². The summed E-state index contributed by atoms with van der Waals surface area (Å²) in [6, 6.07) is 8.54. The van der Waals surface area contributed by atoms with E-state index in [1.807, 2.05) is 12.1 Å². The Morgan fingerprint density at radius 1 is 1.19 bits per heavy atom. The number of ether oxygens (including phenoxy) is 1. The van der Waals surface area contributed by atoms with Crippen LogP contribution in [0.15, 0.2) is 29.3 Å². The normalized spacial score (nSPS) is 14.9. The number of benzene rings is 1. The van der Waals surface area contributed by atoms with Gasteiger partial charge in [0.15, 0.2) is 5.96 Å². The molecule has 1 amide bonds. The molecule has 1 aliphatic rings. The average Bonchev–Trinajstić information content (AvgIpc) is 2.67. The lowest BCUT2D eigenvalue weighted by molar-refractivity contribution is -0.127. The van der Waals surface area contributed by atoms with Crippen LogP contribution in [0.2, 0.25) is 0 Å². The summed E-state index contributed by atoms with van der Waals surface area (Å²) < 4.78 is 5.19. The second-order valence-corrected chi connectivity index (χ2v) is 6.96. The number of rotatable bonds is 7. The third-order valence-corrected chi connectivity index (χ3v) is 4.68. The Morgan fingerprint density at radius 2 is 1.85 bits per heavy atom. The van der Waals surface area contributed by atoms with Gasteiger partial charge in [0, 0.05) is 26.7 Å². The van der Waals surface area contributed by atoms with Crippen LogP contribution in [0.4, 0.5) is 0 Å². The molecule has 0 atom stereocenters. The van der Waals surface area contributed by atoms with Crippen molar-refractivity contribution >= 4 is 35.8 Å². The summed E-state index contributed by atoms with van der Waals surface area (Å²) in [4.78, 5) is 17.9. The van der Waals surface area contributed by atoms with E-state index < -0.39 is 0 Å². The number of carbonyl (C=O) groups is 1. The molecule has 6 nitrogen and oxygen atoms in total. The Balaban J connectivity index is 0.00000364. The van der Waals surface area contributed by atoms with E-state index in [9.17, 15) is 4.79 Å². The van der Waals surface area contributed by atoms with Gasteiger partial charge in [-0.1, -0.05) is 31.4 Å². The number of halogens is 1. The van der Waals surface area contributed by atoms with Gasteiger partial charge in [0.25, 0.3) is 0 Å². The predicted molar refractivity (Wildman–Crippen MR) is 121 cm³/mol. The van der Waals surface area contributed by atoms with Gasteiger partial charge in [0.05, 0.1) is 7.11 Å². The number of nitrogens with one attached hydrogen (secondary N) is 2. The second-order valence-electron chi connectivity index (χ2n) is 6.96. The first kappa shape index (κ1) is 23.5. The van der Waals surface area contributed by atoms with Gasteiger partial charge >= 0.3 is 0 Å². The molecule has 0 saturated heterocycles. The van der Waals surface area contributed by atoms with Crippen molar-refractivity contribution in [2.24, 2.45) is 4.99 Å². The smallest absolute Gasteiger partial charge is 0.243 e. The highest BCUT2D eigenvalue weighted by molar-refractivity contribution is 14.0. The van der Waals surface area contributed by atoms with Gasteiger partial charge in [0.1, 0.15) is 12.3 Å². The largest absolute Gasteiger partial charge is 0.497 e. The summed E-state index contributed by atoms with van der Waals surface area (Å²) >= 11 is 0. The van der Waals surface area contributed by atoms with Crippen LogP contribution in [-0.2, 0) is 11.2 Å². The van der Waals surface area contributed by atoms with E-state index in [0.29, 0.717) is 6.04 Å². The zero-order chi connectivity index (χ0) is 18.8. The van der Waals surface area contributed by atoms with Crippen molar-refractivity contribution < 1.29 is 9.53 Å². The first-order valence-electron chi connectivity index (χ1n) is 9.46. The highest BCUT2D eigenvalue weighted by Crippen LogP contribution is 2.17. The number of hydrogen-bond acceptors (Lipinski definition) is 3. The zero-order valence-electron chi connectivity index (χ0n) is 16.7. The highest BCUT2D eigenvalue weighted by atomic mass is 127. The van der Waals surface area contributed by atoms with Crippen LogP contribution in [0.1, 0.15) is 37.7 Å². The lowest BCUT2D eigenvalue weighted by Gasteiger charge is -2.25. The van der Waals surface area contributed by atoms with Crippen LogP contribution < -0.4 is 15.4 Å². The second kappa shape index (κ2) is 12.8. The van der Waals surface area contributed by atoms with Crippen LogP contribution in [0.3, 0.4) is 0 Å². The van der Waals surface area contributed by atoms with Gasteiger partial charge in [0.2, 0.25) is 5.91 Å². The molecule has 1 aliphatic carbocycles. The minimum absolute atomic E-state index is 0. The van der Waals surface area contributed by atoms with Gasteiger partial charge in [-0.3, -0.25) is 4.79 Å². The van der Waals surface area contributed by atoms with Gasteiger partial charge in [-0.15, -0.1) is 24.0 Å². The van der Waals surface area contributed by atoms with E-state index in [0.717, 1.165) is 24.7 Å². The molecule has 0 unspecified atom stereocenters. The minimum Gasteiger partial charge on any atom is -0.497 e. The van der Waals surface area contributed by atoms with Gasteiger partial charge in [-0.05, 0) is 37.0 Å².